The maximum Gasteiger partial charge on any atom is 0.286 e. The minimum Gasteiger partial charge on any atom is -0.497 e. The number of fused-ring (bicyclic) bond motifs is 1. The molecule has 0 aliphatic rings. The van der Waals surface area contributed by atoms with Crippen LogP contribution in [0.5, 0.6) is 5.75 Å². The maximum atomic E-state index is 12.1. The number of nitrogens with one attached hydrogen (secondary N) is 1. The smallest absolute Gasteiger partial charge is 0.286 e. The minimum atomic E-state index is -0.0129. The van der Waals surface area contributed by atoms with Gasteiger partial charge in [0.2, 0.25) is 6.54 Å². The topological polar surface area (TPSA) is 42.2 Å². The molecule has 1 heterocycles. The van der Waals surface area contributed by atoms with Crippen LogP contribution in [0.1, 0.15) is 5.56 Å². The largest absolute Gasteiger partial charge is 0.497 e. The lowest BCUT2D eigenvalue weighted by Gasteiger charge is -2.05. The molecule has 0 bridgehead atoms. The normalized spacial score (nSPS) is 10.5. The van der Waals surface area contributed by atoms with E-state index in [1.165, 1.54) is 5.39 Å². The molecule has 0 fully saturated rings. The Morgan fingerprint density at radius 1 is 1.04 bits per heavy atom. The summed E-state index contributed by atoms with van der Waals surface area (Å²) >= 11 is 0. The summed E-state index contributed by atoms with van der Waals surface area (Å²) in [4.78, 5) is 12.1. The summed E-state index contributed by atoms with van der Waals surface area (Å²) in [6, 6.07) is 17.8. The van der Waals surface area contributed by atoms with E-state index in [0.29, 0.717) is 13.1 Å². The molecule has 0 atom stereocenters. The third-order valence-corrected chi connectivity index (χ3v) is 3.72. The summed E-state index contributed by atoms with van der Waals surface area (Å²) in [5, 5.41) is 5.22. The van der Waals surface area contributed by atoms with Crippen LogP contribution in [0.3, 0.4) is 0 Å². The van der Waals surface area contributed by atoms with Crippen LogP contribution in [-0.2, 0) is 17.9 Å². The van der Waals surface area contributed by atoms with Crippen molar-refractivity contribution >= 4 is 16.7 Å². The molecule has 0 radical (unpaired) electrons. The van der Waals surface area contributed by atoms with Gasteiger partial charge in [0.25, 0.3) is 5.91 Å². The summed E-state index contributed by atoms with van der Waals surface area (Å²) in [5.74, 6) is 0.799. The molecule has 0 unspecified atom stereocenters. The van der Waals surface area contributed by atoms with E-state index in [1.807, 2.05) is 65.5 Å². The zero-order chi connectivity index (χ0) is 16.1. The molecule has 1 N–H and O–H groups in total. The van der Waals surface area contributed by atoms with Gasteiger partial charge in [-0.25, -0.2) is 0 Å². The first-order chi connectivity index (χ1) is 11.2. The zero-order valence-electron chi connectivity index (χ0n) is 13.0. The predicted molar refractivity (Wildman–Crippen MR) is 89.0 cm³/mol. The molecule has 1 amide bonds. The molecule has 116 valence electrons. The number of ether oxygens (including phenoxy) is 1. The van der Waals surface area contributed by atoms with Gasteiger partial charge in [-0.1, -0.05) is 30.3 Å². The Kier molecular flexibility index (Phi) is 4.52. The average Bonchev–Trinajstić information content (AvgIpc) is 2.60. The molecule has 4 heteroatoms. The molecule has 3 rings (SSSR count). The summed E-state index contributed by atoms with van der Waals surface area (Å²) in [6.07, 6.45) is 3.91. The Labute approximate surface area is 135 Å². The maximum absolute atomic E-state index is 12.1. The fourth-order valence-corrected chi connectivity index (χ4v) is 2.44. The van der Waals surface area contributed by atoms with Gasteiger partial charge in [0.05, 0.1) is 7.11 Å². The summed E-state index contributed by atoms with van der Waals surface area (Å²) < 4.78 is 7.01. The summed E-state index contributed by atoms with van der Waals surface area (Å²) in [7, 11) is 1.64. The molecule has 2 aromatic carbocycles. The van der Waals surface area contributed by atoms with Crippen molar-refractivity contribution < 1.29 is 14.1 Å². The number of amides is 1. The van der Waals surface area contributed by atoms with Crippen molar-refractivity contribution in [1.82, 2.24) is 5.32 Å². The molecular weight excluding hydrogens is 288 g/mol. The van der Waals surface area contributed by atoms with Crippen LogP contribution in [-0.4, -0.2) is 13.0 Å². The molecule has 0 saturated heterocycles. The quantitative estimate of drug-likeness (QED) is 0.736. The van der Waals surface area contributed by atoms with Crippen LogP contribution in [0, 0.1) is 0 Å². The summed E-state index contributed by atoms with van der Waals surface area (Å²) in [5.41, 5.74) is 1.04. The van der Waals surface area contributed by atoms with E-state index in [2.05, 4.69) is 11.4 Å². The molecule has 0 spiro atoms. The number of carbonyl (C=O) groups excluding carboxylic acids is 1. The number of carbonyl (C=O) groups is 1. The predicted octanol–water partition coefficient (Wildman–Crippen LogP) is 2.45. The van der Waals surface area contributed by atoms with Crippen molar-refractivity contribution in [3.63, 3.8) is 0 Å². The molecule has 0 aliphatic heterocycles. The van der Waals surface area contributed by atoms with Gasteiger partial charge < -0.3 is 10.1 Å². The van der Waals surface area contributed by atoms with Gasteiger partial charge in [-0.2, -0.15) is 4.57 Å². The summed E-state index contributed by atoms with van der Waals surface area (Å²) in [6.45, 7) is 0.817. The van der Waals surface area contributed by atoms with Gasteiger partial charge in [0.15, 0.2) is 12.4 Å². The van der Waals surface area contributed by atoms with E-state index in [-0.39, 0.29) is 5.91 Å². The number of benzene rings is 2. The van der Waals surface area contributed by atoms with Crippen LogP contribution in [0.15, 0.2) is 67.0 Å². The second-order valence-electron chi connectivity index (χ2n) is 5.37. The van der Waals surface area contributed by atoms with Gasteiger partial charge in [0.1, 0.15) is 5.75 Å². The van der Waals surface area contributed by atoms with E-state index in [9.17, 15) is 4.79 Å². The third-order valence-electron chi connectivity index (χ3n) is 3.72. The van der Waals surface area contributed by atoms with Crippen molar-refractivity contribution in [3.05, 3.63) is 72.6 Å². The van der Waals surface area contributed by atoms with Gasteiger partial charge in [0, 0.05) is 18.0 Å². The fraction of sp³-hybridized carbons (Fsp3) is 0.158. The number of hydrogen-bond acceptors (Lipinski definition) is 2. The number of nitrogens with zero attached hydrogens (tertiary/aromatic N) is 1. The number of pyridine rings is 1. The first kappa shape index (κ1) is 15.0. The highest BCUT2D eigenvalue weighted by molar-refractivity contribution is 5.80. The lowest BCUT2D eigenvalue weighted by atomic mass is 10.2. The highest BCUT2D eigenvalue weighted by Crippen LogP contribution is 2.11. The number of aromatic nitrogens is 1. The Bertz CT molecular complexity index is 813. The van der Waals surface area contributed by atoms with Gasteiger partial charge in [-0.05, 0) is 29.1 Å². The minimum absolute atomic E-state index is 0.0129. The van der Waals surface area contributed by atoms with Crippen molar-refractivity contribution in [2.24, 2.45) is 0 Å². The Hall–Kier alpha value is -2.88. The first-order valence-electron chi connectivity index (χ1n) is 7.52. The van der Waals surface area contributed by atoms with Crippen molar-refractivity contribution in [3.8, 4) is 5.75 Å². The zero-order valence-corrected chi connectivity index (χ0v) is 13.0. The van der Waals surface area contributed by atoms with Crippen molar-refractivity contribution in [2.75, 3.05) is 7.11 Å². The molecular formula is C19H19N2O2+. The monoisotopic (exact) mass is 307 g/mol. The Morgan fingerprint density at radius 3 is 2.52 bits per heavy atom. The molecule has 23 heavy (non-hydrogen) atoms. The number of hydrogen-bond donors (Lipinski definition) is 1. The lowest BCUT2D eigenvalue weighted by molar-refractivity contribution is -0.683. The van der Waals surface area contributed by atoms with Crippen molar-refractivity contribution in [1.29, 1.82) is 0 Å². The second kappa shape index (κ2) is 6.92. The highest BCUT2D eigenvalue weighted by atomic mass is 16.5. The molecule has 3 aromatic rings. The van der Waals surface area contributed by atoms with Crippen molar-refractivity contribution in [2.45, 2.75) is 13.1 Å². The van der Waals surface area contributed by atoms with E-state index in [4.69, 9.17) is 4.74 Å². The molecule has 0 aliphatic carbocycles. The number of methoxy groups -OCH3 is 1. The second-order valence-corrected chi connectivity index (χ2v) is 5.37. The van der Waals surface area contributed by atoms with E-state index in [1.54, 1.807) is 7.11 Å². The highest BCUT2D eigenvalue weighted by Gasteiger charge is 2.09. The molecule has 1 aromatic heterocycles. The number of rotatable bonds is 5. The third kappa shape index (κ3) is 3.86. The van der Waals surface area contributed by atoms with Gasteiger partial charge in [-0.15, -0.1) is 0 Å². The first-order valence-corrected chi connectivity index (χ1v) is 7.52. The van der Waals surface area contributed by atoms with Crippen LogP contribution >= 0.6 is 0 Å². The average molecular weight is 307 g/mol. The molecule has 0 saturated carbocycles. The lowest BCUT2D eigenvalue weighted by Crippen LogP contribution is -2.42. The van der Waals surface area contributed by atoms with Crippen LogP contribution < -0.4 is 14.6 Å². The SMILES string of the molecule is COc1ccc(CNC(=O)C[n+]2ccc3ccccc3c2)cc1. The Morgan fingerprint density at radius 2 is 1.78 bits per heavy atom. The van der Waals surface area contributed by atoms with Gasteiger partial charge >= 0.3 is 0 Å². The standard InChI is InChI=1S/C19H18N2O2/c1-23-18-8-6-15(7-9-18)12-20-19(22)14-21-11-10-16-4-2-3-5-17(16)13-21/h2-11,13H,12,14H2,1H3/p+1. The van der Waals surface area contributed by atoms with E-state index < -0.39 is 0 Å². The van der Waals surface area contributed by atoms with E-state index >= 15 is 0 Å². The Balaban J connectivity index is 1.59. The molecule has 4 nitrogen and oxygen atoms in total. The van der Waals surface area contributed by atoms with Crippen LogP contribution in [0.25, 0.3) is 10.8 Å². The van der Waals surface area contributed by atoms with Crippen LogP contribution in [0.4, 0.5) is 0 Å². The fourth-order valence-electron chi connectivity index (χ4n) is 2.44. The van der Waals surface area contributed by atoms with E-state index in [0.717, 1.165) is 16.7 Å². The van der Waals surface area contributed by atoms with Gasteiger partial charge in [-0.3, -0.25) is 4.79 Å². The van der Waals surface area contributed by atoms with Crippen LogP contribution in [0.2, 0.25) is 0 Å².